The molecule has 0 unspecified atom stereocenters. The van der Waals surface area contributed by atoms with Crippen molar-refractivity contribution in [3.63, 3.8) is 0 Å². The summed E-state index contributed by atoms with van der Waals surface area (Å²) in [6.45, 7) is 5.14. The third-order valence-corrected chi connectivity index (χ3v) is 3.55. The van der Waals surface area contributed by atoms with Crippen molar-refractivity contribution in [1.82, 2.24) is 0 Å². The SMILES string of the molecule is Cc1cc(S(N)(=O)=O)cc(Cl)c1NC(=O)C(C)C. The highest BCUT2D eigenvalue weighted by Gasteiger charge is 2.16. The van der Waals surface area contributed by atoms with Crippen molar-refractivity contribution >= 4 is 33.2 Å². The molecule has 0 bridgehead atoms. The number of hydrogen-bond acceptors (Lipinski definition) is 3. The number of carbonyl (C=O) groups is 1. The Labute approximate surface area is 111 Å². The van der Waals surface area contributed by atoms with Gasteiger partial charge in [0.05, 0.1) is 15.6 Å². The predicted octanol–water partition coefficient (Wildman–Crippen LogP) is 1.89. The van der Waals surface area contributed by atoms with E-state index in [0.717, 1.165) is 0 Å². The topological polar surface area (TPSA) is 89.3 Å². The summed E-state index contributed by atoms with van der Waals surface area (Å²) >= 11 is 5.95. The number of halogens is 1. The number of primary sulfonamides is 1. The highest BCUT2D eigenvalue weighted by molar-refractivity contribution is 7.89. The summed E-state index contributed by atoms with van der Waals surface area (Å²) in [5, 5.41) is 7.82. The van der Waals surface area contributed by atoms with Gasteiger partial charge < -0.3 is 5.32 Å². The van der Waals surface area contributed by atoms with Crippen molar-refractivity contribution in [3.05, 3.63) is 22.7 Å². The Balaban J connectivity index is 3.22. The molecule has 3 N–H and O–H groups in total. The molecule has 5 nitrogen and oxygen atoms in total. The van der Waals surface area contributed by atoms with Gasteiger partial charge in [-0.3, -0.25) is 4.79 Å². The van der Waals surface area contributed by atoms with Crippen molar-refractivity contribution in [2.24, 2.45) is 11.1 Å². The number of nitrogens with two attached hydrogens (primary N) is 1. The highest BCUT2D eigenvalue weighted by Crippen LogP contribution is 2.29. The van der Waals surface area contributed by atoms with Crippen LogP contribution < -0.4 is 10.5 Å². The Bertz CT molecular complexity index is 559. The van der Waals surface area contributed by atoms with Gasteiger partial charge in [-0.2, -0.15) is 0 Å². The second kappa shape index (κ2) is 5.26. The zero-order chi connectivity index (χ0) is 14.1. The van der Waals surface area contributed by atoms with E-state index in [1.165, 1.54) is 12.1 Å². The maximum atomic E-state index is 11.6. The normalized spacial score (nSPS) is 11.7. The lowest BCUT2D eigenvalue weighted by Gasteiger charge is -2.13. The summed E-state index contributed by atoms with van der Waals surface area (Å²) in [5.41, 5.74) is 0.947. The molecule has 0 aromatic heterocycles. The lowest BCUT2D eigenvalue weighted by Crippen LogP contribution is -2.19. The summed E-state index contributed by atoms with van der Waals surface area (Å²) in [6.07, 6.45) is 0. The predicted molar refractivity (Wildman–Crippen MR) is 71.0 cm³/mol. The van der Waals surface area contributed by atoms with Gasteiger partial charge >= 0.3 is 0 Å². The smallest absolute Gasteiger partial charge is 0.238 e. The molecule has 18 heavy (non-hydrogen) atoms. The quantitative estimate of drug-likeness (QED) is 0.891. The van der Waals surface area contributed by atoms with Crippen LogP contribution in [0, 0.1) is 12.8 Å². The van der Waals surface area contributed by atoms with E-state index in [1.807, 2.05) is 0 Å². The van der Waals surface area contributed by atoms with Crippen molar-refractivity contribution in [2.45, 2.75) is 25.7 Å². The first kappa shape index (κ1) is 14.9. The molecule has 0 radical (unpaired) electrons. The number of amides is 1. The van der Waals surface area contributed by atoms with Crippen LogP contribution >= 0.6 is 11.6 Å². The fraction of sp³-hybridized carbons (Fsp3) is 0.364. The average Bonchev–Trinajstić information content (AvgIpc) is 2.21. The summed E-state index contributed by atoms with van der Waals surface area (Å²) in [7, 11) is -3.81. The molecular formula is C11H15ClN2O3S. The third-order valence-electron chi connectivity index (χ3n) is 2.36. The van der Waals surface area contributed by atoms with Crippen LogP contribution in [-0.2, 0) is 14.8 Å². The van der Waals surface area contributed by atoms with Crippen molar-refractivity contribution in [1.29, 1.82) is 0 Å². The van der Waals surface area contributed by atoms with Crippen LogP contribution in [0.15, 0.2) is 17.0 Å². The Morgan fingerprint density at radius 3 is 2.33 bits per heavy atom. The minimum atomic E-state index is -3.81. The van der Waals surface area contributed by atoms with E-state index in [9.17, 15) is 13.2 Å². The van der Waals surface area contributed by atoms with Crippen LogP contribution in [0.5, 0.6) is 0 Å². The Kier molecular flexibility index (Phi) is 4.37. The first-order valence-electron chi connectivity index (χ1n) is 5.26. The Morgan fingerprint density at radius 1 is 1.39 bits per heavy atom. The molecule has 1 aromatic carbocycles. The standard InChI is InChI=1S/C11H15ClN2O3S/c1-6(2)11(15)14-10-7(3)4-8(5-9(10)12)18(13,16)17/h4-6H,1-3H3,(H,14,15)(H2,13,16,17). The second-order valence-corrected chi connectivity index (χ2v) is 6.25. The monoisotopic (exact) mass is 290 g/mol. The molecule has 1 amide bonds. The fourth-order valence-electron chi connectivity index (χ4n) is 1.30. The molecular weight excluding hydrogens is 276 g/mol. The Morgan fingerprint density at radius 2 is 1.94 bits per heavy atom. The van der Waals surface area contributed by atoms with Crippen molar-refractivity contribution in [3.8, 4) is 0 Å². The number of sulfonamides is 1. The van der Waals surface area contributed by atoms with Crippen LogP contribution in [0.2, 0.25) is 5.02 Å². The number of nitrogens with one attached hydrogen (secondary N) is 1. The first-order valence-corrected chi connectivity index (χ1v) is 7.19. The number of carbonyl (C=O) groups excluding carboxylic acids is 1. The summed E-state index contributed by atoms with van der Waals surface area (Å²) in [6, 6.07) is 2.59. The van der Waals surface area contributed by atoms with Gasteiger partial charge in [0, 0.05) is 5.92 Å². The molecule has 1 rings (SSSR count). The second-order valence-electron chi connectivity index (χ2n) is 4.29. The summed E-state index contributed by atoms with van der Waals surface area (Å²) in [5.74, 6) is -0.387. The lowest BCUT2D eigenvalue weighted by atomic mass is 10.1. The minimum absolute atomic E-state index is 0.0763. The summed E-state index contributed by atoms with van der Waals surface area (Å²) < 4.78 is 22.4. The van der Waals surface area contributed by atoms with E-state index in [0.29, 0.717) is 11.3 Å². The van der Waals surface area contributed by atoms with Gasteiger partial charge in [0.2, 0.25) is 15.9 Å². The zero-order valence-electron chi connectivity index (χ0n) is 10.3. The van der Waals surface area contributed by atoms with Crippen LogP contribution in [-0.4, -0.2) is 14.3 Å². The lowest BCUT2D eigenvalue weighted by molar-refractivity contribution is -0.118. The van der Waals surface area contributed by atoms with E-state index in [2.05, 4.69) is 5.32 Å². The van der Waals surface area contributed by atoms with Crippen molar-refractivity contribution < 1.29 is 13.2 Å². The number of hydrogen-bond donors (Lipinski definition) is 2. The molecule has 0 aliphatic rings. The van der Waals surface area contributed by atoms with Gasteiger partial charge in [0.1, 0.15) is 0 Å². The van der Waals surface area contributed by atoms with Crippen LogP contribution in [0.3, 0.4) is 0 Å². The van der Waals surface area contributed by atoms with Gasteiger partial charge in [0.25, 0.3) is 0 Å². The zero-order valence-corrected chi connectivity index (χ0v) is 11.9. The van der Waals surface area contributed by atoms with E-state index >= 15 is 0 Å². The van der Waals surface area contributed by atoms with E-state index in [4.69, 9.17) is 16.7 Å². The molecule has 0 heterocycles. The fourth-order valence-corrected chi connectivity index (χ4v) is 2.30. The van der Waals surface area contributed by atoms with Gasteiger partial charge in [0.15, 0.2) is 0 Å². The molecule has 100 valence electrons. The summed E-state index contributed by atoms with van der Waals surface area (Å²) in [4.78, 5) is 11.5. The molecule has 0 atom stereocenters. The molecule has 7 heteroatoms. The number of rotatable bonds is 3. The van der Waals surface area contributed by atoms with Crippen LogP contribution in [0.25, 0.3) is 0 Å². The van der Waals surface area contributed by atoms with Gasteiger partial charge in [-0.25, -0.2) is 13.6 Å². The highest BCUT2D eigenvalue weighted by atomic mass is 35.5. The van der Waals surface area contributed by atoms with Gasteiger partial charge in [-0.05, 0) is 24.6 Å². The molecule has 0 aliphatic heterocycles. The van der Waals surface area contributed by atoms with Gasteiger partial charge in [-0.15, -0.1) is 0 Å². The number of aryl methyl sites for hydroxylation is 1. The third kappa shape index (κ3) is 3.44. The molecule has 1 aromatic rings. The number of anilines is 1. The van der Waals surface area contributed by atoms with Crippen LogP contribution in [0.1, 0.15) is 19.4 Å². The molecule has 0 saturated heterocycles. The molecule has 0 fully saturated rings. The maximum absolute atomic E-state index is 11.6. The average molecular weight is 291 g/mol. The first-order chi connectivity index (χ1) is 8.12. The molecule has 0 aliphatic carbocycles. The maximum Gasteiger partial charge on any atom is 0.238 e. The number of benzene rings is 1. The Hall–Kier alpha value is -1.11. The largest absolute Gasteiger partial charge is 0.324 e. The van der Waals surface area contributed by atoms with E-state index in [-0.39, 0.29) is 21.7 Å². The van der Waals surface area contributed by atoms with E-state index in [1.54, 1.807) is 20.8 Å². The van der Waals surface area contributed by atoms with E-state index < -0.39 is 10.0 Å². The molecule has 0 spiro atoms. The van der Waals surface area contributed by atoms with Crippen molar-refractivity contribution in [2.75, 3.05) is 5.32 Å². The molecule has 0 saturated carbocycles. The van der Waals surface area contributed by atoms with Crippen LogP contribution in [0.4, 0.5) is 5.69 Å². The van der Waals surface area contributed by atoms with Gasteiger partial charge in [-0.1, -0.05) is 25.4 Å². The minimum Gasteiger partial charge on any atom is -0.324 e.